The lowest BCUT2D eigenvalue weighted by molar-refractivity contribution is -0.620. The predicted octanol–water partition coefficient (Wildman–Crippen LogP) is 0.242. The van der Waals surface area contributed by atoms with Gasteiger partial charge >= 0.3 is 0 Å². The Morgan fingerprint density at radius 2 is 2.05 bits per heavy atom. The van der Waals surface area contributed by atoms with Crippen LogP contribution in [0.5, 0.6) is 0 Å². The number of halogens is 1. The lowest BCUT2D eigenvalue weighted by atomic mass is 9.72. The molecule has 1 saturated heterocycles. The molecule has 1 N–H and O–H groups in total. The molecule has 0 saturated carbocycles. The minimum Gasteiger partial charge on any atom is -0.395 e. The molecule has 0 aromatic carbocycles. The zero-order valence-electron chi connectivity index (χ0n) is 10.1. The van der Waals surface area contributed by atoms with Gasteiger partial charge < -0.3 is 5.11 Å². The average molecular weight is 292 g/mol. The SMILES string of the molecule is O=[N+]([O-])[C@]12CC=C(Cl)[C@]([N+](=O)[O-])(CN(CCO)C1)C2. The van der Waals surface area contributed by atoms with Gasteiger partial charge in [0.1, 0.15) is 0 Å². The van der Waals surface area contributed by atoms with Crippen molar-refractivity contribution in [2.45, 2.75) is 23.9 Å². The minimum absolute atomic E-state index is 0.00845. The van der Waals surface area contributed by atoms with Gasteiger partial charge in [-0.3, -0.25) is 25.1 Å². The van der Waals surface area contributed by atoms with E-state index in [1.165, 1.54) is 6.08 Å². The maximum absolute atomic E-state index is 11.4. The van der Waals surface area contributed by atoms with E-state index in [2.05, 4.69) is 0 Å². The molecule has 1 aliphatic heterocycles. The van der Waals surface area contributed by atoms with Gasteiger partial charge in [0.15, 0.2) is 0 Å². The van der Waals surface area contributed by atoms with Gasteiger partial charge in [-0.25, -0.2) is 0 Å². The highest BCUT2D eigenvalue weighted by molar-refractivity contribution is 6.30. The summed E-state index contributed by atoms with van der Waals surface area (Å²) < 4.78 is 0. The standard InChI is InChI=1S/C10H14ClN3O5/c11-8-1-2-9(13(16)17)5-10(8,14(18)19)7-12(6-9)3-4-15/h1,15H,2-7H2/t9-,10+/m0/s1. The van der Waals surface area contributed by atoms with Crippen LogP contribution in [0.2, 0.25) is 0 Å². The molecule has 1 aliphatic carbocycles. The lowest BCUT2D eigenvalue weighted by Crippen LogP contribution is -2.67. The number of aliphatic hydroxyl groups is 1. The molecular weight excluding hydrogens is 278 g/mol. The van der Waals surface area contributed by atoms with Crippen molar-refractivity contribution in [2.75, 3.05) is 26.2 Å². The Balaban J connectivity index is 2.46. The van der Waals surface area contributed by atoms with E-state index in [1.807, 2.05) is 0 Å². The number of hydrogen-bond donors (Lipinski definition) is 1. The predicted molar refractivity (Wildman–Crippen MR) is 66.1 cm³/mol. The van der Waals surface area contributed by atoms with Crippen LogP contribution in [0, 0.1) is 20.2 Å². The Hall–Kier alpha value is -1.25. The largest absolute Gasteiger partial charge is 0.395 e. The van der Waals surface area contributed by atoms with E-state index in [9.17, 15) is 20.2 Å². The number of piperidine rings is 1. The van der Waals surface area contributed by atoms with E-state index in [0.29, 0.717) is 0 Å². The zero-order chi connectivity index (χ0) is 14.3. The van der Waals surface area contributed by atoms with Gasteiger partial charge in [0.25, 0.3) is 5.54 Å². The molecule has 8 nitrogen and oxygen atoms in total. The first kappa shape index (κ1) is 14.2. The molecule has 2 rings (SSSR count). The van der Waals surface area contributed by atoms with E-state index >= 15 is 0 Å². The van der Waals surface area contributed by atoms with Crippen molar-refractivity contribution >= 4 is 11.6 Å². The average Bonchev–Trinajstić information content (AvgIpc) is 2.34. The van der Waals surface area contributed by atoms with Crippen molar-refractivity contribution in [1.29, 1.82) is 0 Å². The van der Waals surface area contributed by atoms with Crippen LogP contribution in [0.4, 0.5) is 0 Å². The molecule has 1 fully saturated rings. The molecule has 1 heterocycles. The maximum atomic E-state index is 11.4. The van der Waals surface area contributed by atoms with Gasteiger partial charge in [0.05, 0.1) is 31.1 Å². The third kappa shape index (κ3) is 2.09. The number of nitrogens with zero attached hydrogens (tertiary/aromatic N) is 3. The molecule has 0 aromatic heterocycles. The summed E-state index contributed by atoms with van der Waals surface area (Å²) in [5, 5.41) is 31.7. The molecule has 0 aromatic rings. The van der Waals surface area contributed by atoms with Crippen LogP contribution in [0.15, 0.2) is 11.1 Å². The molecule has 106 valence electrons. The van der Waals surface area contributed by atoms with Gasteiger partial charge in [-0.05, 0) is 0 Å². The smallest absolute Gasteiger partial charge is 0.276 e. The molecule has 2 aliphatic rings. The molecule has 19 heavy (non-hydrogen) atoms. The number of aliphatic hydroxyl groups excluding tert-OH is 1. The normalized spacial score (nSPS) is 34.7. The Bertz CT molecular complexity index is 456. The van der Waals surface area contributed by atoms with Crippen LogP contribution in [0.1, 0.15) is 12.8 Å². The van der Waals surface area contributed by atoms with Crippen LogP contribution in [-0.4, -0.2) is 57.2 Å². The second kappa shape index (κ2) is 4.69. The van der Waals surface area contributed by atoms with Gasteiger partial charge in [-0.1, -0.05) is 17.7 Å². The Labute approximate surface area is 113 Å². The summed E-state index contributed by atoms with van der Waals surface area (Å²) in [5.41, 5.74) is -3.01. The molecule has 0 amide bonds. The van der Waals surface area contributed by atoms with Crippen molar-refractivity contribution in [1.82, 2.24) is 4.90 Å². The van der Waals surface area contributed by atoms with Gasteiger partial charge in [0, 0.05) is 22.8 Å². The summed E-state index contributed by atoms with van der Waals surface area (Å²) in [6, 6.07) is 0. The van der Waals surface area contributed by atoms with E-state index < -0.39 is 20.9 Å². The third-order valence-corrected chi connectivity index (χ3v) is 4.39. The zero-order valence-corrected chi connectivity index (χ0v) is 10.9. The van der Waals surface area contributed by atoms with E-state index in [-0.39, 0.29) is 44.1 Å². The van der Waals surface area contributed by atoms with E-state index in [0.717, 1.165) is 0 Å². The van der Waals surface area contributed by atoms with Crippen molar-refractivity contribution in [3.8, 4) is 0 Å². The fourth-order valence-electron chi connectivity index (χ4n) is 2.97. The quantitative estimate of drug-likeness (QED) is 0.587. The molecule has 0 radical (unpaired) electrons. The number of β-amino-alcohol motifs (C(OH)–C–C–N with tert-alkyl or cyclic N) is 1. The highest BCUT2D eigenvalue weighted by Gasteiger charge is 2.65. The van der Waals surface area contributed by atoms with Gasteiger partial charge in [-0.2, -0.15) is 0 Å². The summed E-state index contributed by atoms with van der Waals surface area (Å²) in [7, 11) is 0. The molecule has 2 atom stereocenters. The first-order valence-corrected chi connectivity index (χ1v) is 6.22. The van der Waals surface area contributed by atoms with Crippen LogP contribution >= 0.6 is 11.6 Å². The van der Waals surface area contributed by atoms with Crippen molar-refractivity contribution in [2.24, 2.45) is 0 Å². The fraction of sp³-hybridized carbons (Fsp3) is 0.800. The van der Waals surface area contributed by atoms with Crippen molar-refractivity contribution < 1.29 is 15.0 Å². The second-order valence-electron chi connectivity index (χ2n) is 5.14. The first-order valence-electron chi connectivity index (χ1n) is 5.85. The second-order valence-corrected chi connectivity index (χ2v) is 5.54. The van der Waals surface area contributed by atoms with Crippen LogP contribution < -0.4 is 0 Å². The highest BCUT2D eigenvalue weighted by atomic mass is 35.5. The summed E-state index contributed by atoms with van der Waals surface area (Å²) in [5.74, 6) is 0. The lowest BCUT2D eigenvalue weighted by Gasteiger charge is -2.44. The molecule has 2 bridgehead atoms. The Morgan fingerprint density at radius 1 is 1.37 bits per heavy atom. The van der Waals surface area contributed by atoms with E-state index in [1.54, 1.807) is 4.90 Å². The molecule has 9 heteroatoms. The Morgan fingerprint density at radius 3 is 2.58 bits per heavy atom. The van der Waals surface area contributed by atoms with Crippen LogP contribution in [0.25, 0.3) is 0 Å². The fourth-order valence-corrected chi connectivity index (χ4v) is 3.24. The van der Waals surface area contributed by atoms with Gasteiger partial charge in [0.2, 0.25) is 5.54 Å². The number of rotatable bonds is 4. The minimum atomic E-state index is -1.62. The number of likely N-dealkylation sites (tertiary alicyclic amines) is 1. The summed E-state index contributed by atoms with van der Waals surface area (Å²) >= 11 is 5.97. The summed E-state index contributed by atoms with van der Waals surface area (Å²) in [6.07, 6.45) is 1.28. The number of fused-ring (bicyclic) bond motifs is 2. The molecule has 0 spiro atoms. The van der Waals surface area contributed by atoms with Crippen LogP contribution in [-0.2, 0) is 0 Å². The van der Waals surface area contributed by atoms with Crippen LogP contribution in [0.3, 0.4) is 0 Å². The van der Waals surface area contributed by atoms with E-state index in [4.69, 9.17) is 16.7 Å². The number of nitro groups is 2. The highest BCUT2D eigenvalue weighted by Crippen LogP contribution is 2.45. The maximum Gasteiger partial charge on any atom is 0.276 e. The molecule has 0 unspecified atom stereocenters. The van der Waals surface area contributed by atoms with Crippen molar-refractivity contribution in [3.05, 3.63) is 31.3 Å². The summed E-state index contributed by atoms with van der Waals surface area (Å²) in [4.78, 5) is 23.3. The monoisotopic (exact) mass is 291 g/mol. The number of hydrogen-bond acceptors (Lipinski definition) is 6. The molecular formula is C10H14ClN3O5. The topological polar surface area (TPSA) is 110 Å². The Kier molecular flexibility index (Phi) is 3.50. The first-order chi connectivity index (χ1) is 8.86. The third-order valence-electron chi connectivity index (χ3n) is 3.88. The summed E-state index contributed by atoms with van der Waals surface area (Å²) in [6.45, 7) is 0.0422. The van der Waals surface area contributed by atoms with Crippen molar-refractivity contribution in [3.63, 3.8) is 0 Å². The van der Waals surface area contributed by atoms with Gasteiger partial charge in [-0.15, -0.1) is 0 Å².